The summed E-state index contributed by atoms with van der Waals surface area (Å²) in [6.07, 6.45) is 2.41. The van der Waals surface area contributed by atoms with E-state index in [1.807, 2.05) is 32.8 Å². The van der Waals surface area contributed by atoms with Crippen molar-refractivity contribution < 1.29 is 4.79 Å². The van der Waals surface area contributed by atoms with E-state index in [4.69, 9.17) is 0 Å². The number of nitrogens with zero attached hydrogens (tertiary/aromatic N) is 3. The lowest BCUT2D eigenvalue weighted by atomic mass is 9.90. The monoisotopic (exact) mass is 287 g/mol. The molecule has 90 valence electrons. The van der Waals surface area contributed by atoms with Crippen LogP contribution in [0, 0.1) is 0 Å². The van der Waals surface area contributed by atoms with Gasteiger partial charge in [-0.2, -0.15) is 5.10 Å². The van der Waals surface area contributed by atoms with Gasteiger partial charge in [0.1, 0.15) is 5.69 Å². The first-order valence-electron chi connectivity index (χ1n) is 5.24. The van der Waals surface area contributed by atoms with Gasteiger partial charge in [0.15, 0.2) is 0 Å². The lowest BCUT2D eigenvalue weighted by Crippen LogP contribution is -2.48. The average molecular weight is 288 g/mol. The molecule has 0 amide bonds. The van der Waals surface area contributed by atoms with Gasteiger partial charge in [0.25, 0.3) is 0 Å². The zero-order chi connectivity index (χ0) is 12.5. The molecule has 1 heterocycles. The van der Waals surface area contributed by atoms with Gasteiger partial charge in [-0.1, -0.05) is 6.92 Å². The number of halogens is 1. The number of Topliss-reactive ketones (excluding diaryl/α,β-unsaturated/α-hetero) is 1. The Labute approximate surface area is 105 Å². The fourth-order valence-corrected chi connectivity index (χ4v) is 2.13. The molecule has 0 aliphatic heterocycles. The molecule has 4 nitrogen and oxygen atoms in total. The van der Waals surface area contributed by atoms with Crippen LogP contribution in [0.15, 0.2) is 10.7 Å². The zero-order valence-corrected chi connectivity index (χ0v) is 12.0. The highest BCUT2D eigenvalue weighted by atomic mass is 79.9. The van der Waals surface area contributed by atoms with Crippen molar-refractivity contribution in [2.75, 3.05) is 14.1 Å². The summed E-state index contributed by atoms with van der Waals surface area (Å²) in [5.41, 5.74) is 0.133. The summed E-state index contributed by atoms with van der Waals surface area (Å²) in [4.78, 5) is 14.5. The van der Waals surface area contributed by atoms with Crippen molar-refractivity contribution in [2.45, 2.75) is 25.8 Å². The van der Waals surface area contributed by atoms with Crippen molar-refractivity contribution in [1.29, 1.82) is 0 Å². The average Bonchev–Trinajstić information content (AvgIpc) is 2.56. The molecule has 0 fully saturated rings. The van der Waals surface area contributed by atoms with Crippen LogP contribution >= 0.6 is 15.9 Å². The minimum Gasteiger partial charge on any atom is -0.297 e. The van der Waals surface area contributed by atoms with E-state index in [0.29, 0.717) is 5.69 Å². The van der Waals surface area contributed by atoms with E-state index in [0.717, 1.165) is 10.9 Å². The molecule has 0 radical (unpaired) electrons. The molecule has 0 N–H and O–H groups in total. The summed E-state index contributed by atoms with van der Waals surface area (Å²) in [5.74, 6) is 0.0897. The van der Waals surface area contributed by atoms with Crippen LogP contribution in [0.3, 0.4) is 0 Å². The number of carbonyl (C=O) groups is 1. The van der Waals surface area contributed by atoms with Crippen molar-refractivity contribution in [3.63, 3.8) is 0 Å². The summed E-state index contributed by atoms with van der Waals surface area (Å²) in [6.45, 7) is 3.97. The van der Waals surface area contributed by atoms with Crippen LogP contribution in [0.2, 0.25) is 0 Å². The van der Waals surface area contributed by atoms with Gasteiger partial charge in [-0.15, -0.1) is 0 Å². The molecule has 0 aliphatic carbocycles. The maximum Gasteiger partial charge on any atom is 0.201 e. The van der Waals surface area contributed by atoms with Gasteiger partial charge < -0.3 is 0 Å². The molecule has 1 aromatic rings. The topological polar surface area (TPSA) is 38.1 Å². The Morgan fingerprint density at radius 1 is 1.62 bits per heavy atom. The Morgan fingerprint density at radius 2 is 2.19 bits per heavy atom. The number of rotatable bonds is 4. The molecule has 0 aromatic carbocycles. The van der Waals surface area contributed by atoms with Crippen molar-refractivity contribution in [3.05, 3.63) is 16.4 Å². The Morgan fingerprint density at radius 3 is 2.50 bits per heavy atom. The number of hydrogen-bond acceptors (Lipinski definition) is 3. The number of carbonyl (C=O) groups excluding carboxylic acids is 1. The first-order chi connectivity index (χ1) is 7.34. The quantitative estimate of drug-likeness (QED) is 0.796. The van der Waals surface area contributed by atoms with Crippen molar-refractivity contribution in [3.8, 4) is 0 Å². The fraction of sp³-hybridized carbons (Fsp3) is 0.636. The molecule has 16 heavy (non-hydrogen) atoms. The molecule has 0 aliphatic rings. The number of likely N-dealkylation sites (N-methyl/N-ethyl adjacent to an activating group) is 1. The van der Waals surface area contributed by atoms with Gasteiger partial charge in [0.2, 0.25) is 5.78 Å². The normalized spacial score (nSPS) is 15.2. The molecular formula is C11H18BrN3O. The van der Waals surface area contributed by atoms with E-state index in [9.17, 15) is 4.79 Å². The van der Waals surface area contributed by atoms with Gasteiger partial charge >= 0.3 is 0 Å². The third kappa shape index (κ3) is 2.06. The lowest BCUT2D eigenvalue weighted by Gasteiger charge is -2.33. The highest BCUT2D eigenvalue weighted by Gasteiger charge is 2.36. The Kier molecular flexibility index (Phi) is 3.91. The van der Waals surface area contributed by atoms with Crippen LogP contribution in [0.5, 0.6) is 0 Å². The van der Waals surface area contributed by atoms with Crippen LogP contribution in [0.25, 0.3) is 0 Å². The van der Waals surface area contributed by atoms with Crippen LogP contribution in [-0.4, -0.2) is 40.1 Å². The second-order valence-electron chi connectivity index (χ2n) is 4.32. The first-order valence-corrected chi connectivity index (χ1v) is 6.03. The Hall–Kier alpha value is -0.680. The molecule has 0 spiro atoms. The highest BCUT2D eigenvalue weighted by molar-refractivity contribution is 9.10. The van der Waals surface area contributed by atoms with E-state index < -0.39 is 5.54 Å². The summed E-state index contributed by atoms with van der Waals surface area (Å²) < 4.78 is 2.37. The molecule has 1 atom stereocenters. The van der Waals surface area contributed by atoms with Crippen molar-refractivity contribution in [2.24, 2.45) is 7.05 Å². The molecule has 0 saturated carbocycles. The third-order valence-corrected chi connectivity index (χ3v) is 3.85. The van der Waals surface area contributed by atoms with Crippen molar-refractivity contribution in [1.82, 2.24) is 14.7 Å². The van der Waals surface area contributed by atoms with E-state index in [1.165, 1.54) is 0 Å². The summed E-state index contributed by atoms with van der Waals surface area (Å²) >= 11 is 3.37. The second kappa shape index (κ2) is 4.67. The van der Waals surface area contributed by atoms with Gasteiger partial charge in [0, 0.05) is 7.05 Å². The summed E-state index contributed by atoms with van der Waals surface area (Å²) in [7, 11) is 5.63. The smallest absolute Gasteiger partial charge is 0.201 e. The number of aromatic nitrogens is 2. The molecule has 1 unspecified atom stereocenters. The minimum atomic E-state index is -0.490. The predicted molar refractivity (Wildman–Crippen MR) is 67.6 cm³/mol. The van der Waals surface area contributed by atoms with Crippen LogP contribution in [0.4, 0.5) is 0 Å². The summed E-state index contributed by atoms with van der Waals surface area (Å²) in [5, 5.41) is 4.07. The van der Waals surface area contributed by atoms with E-state index in [-0.39, 0.29) is 5.78 Å². The van der Waals surface area contributed by atoms with E-state index >= 15 is 0 Å². The maximum atomic E-state index is 12.5. The van der Waals surface area contributed by atoms with Crippen LogP contribution in [0.1, 0.15) is 30.8 Å². The van der Waals surface area contributed by atoms with Gasteiger partial charge in [0.05, 0.1) is 16.2 Å². The predicted octanol–water partition coefficient (Wildman–Crippen LogP) is 2.10. The lowest BCUT2D eigenvalue weighted by molar-refractivity contribution is 0.0699. The summed E-state index contributed by atoms with van der Waals surface area (Å²) in [6, 6.07) is 0. The van der Waals surface area contributed by atoms with Crippen LogP contribution < -0.4 is 0 Å². The fourth-order valence-electron chi connectivity index (χ4n) is 1.60. The molecular weight excluding hydrogens is 270 g/mol. The molecule has 0 bridgehead atoms. The molecule has 5 heteroatoms. The maximum absolute atomic E-state index is 12.5. The standard InChI is InChI=1S/C11H18BrN3O/c1-6-11(2,14(3)4)10(16)9-8(12)7-13-15(9)5/h7H,6H2,1-5H3. The Balaban J connectivity index is 3.20. The Bertz CT molecular complexity index is 380. The van der Waals surface area contributed by atoms with Crippen LogP contribution in [-0.2, 0) is 7.05 Å². The zero-order valence-electron chi connectivity index (χ0n) is 10.4. The molecule has 1 aromatic heterocycles. The van der Waals surface area contributed by atoms with Crippen molar-refractivity contribution >= 4 is 21.7 Å². The second-order valence-corrected chi connectivity index (χ2v) is 5.17. The van der Waals surface area contributed by atoms with E-state index in [1.54, 1.807) is 17.9 Å². The largest absolute Gasteiger partial charge is 0.297 e. The number of aryl methyl sites for hydroxylation is 1. The van der Waals surface area contributed by atoms with Gasteiger partial charge in [-0.05, 0) is 43.4 Å². The van der Waals surface area contributed by atoms with Gasteiger partial charge in [-0.25, -0.2) is 0 Å². The minimum absolute atomic E-state index is 0.0897. The van der Waals surface area contributed by atoms with Gasteiger partial charge in [-0.3, -0.25) is 14.4 Å². The highest BCUT2D eigenvalue weighted by Crippen LogP contribution is 2.26. The molecule has 0 saturated heterocycles. The SMILES string of the molecule is CCC(C)(C(=O)c1c(Br)cnn1C)N(C)C. The first kappa shape index (κ1) is 13.4. The van der Waals surface area contributed by atoms with E-state index in [2.05, 4.69) is 21.0 Å². The third-order valence-electron chi connectivity index (χ3n) is 3.27. The number of ketones is 1. The molecule has 1 rings (SSSR count). The number of hydrogen-bond donors (Lipinski definition) is 0.